The Hall–Kier alpha value is -1.26. The maximum absolute atomic E-state index is 5.57. The molecule has 0 aromatic carbocycles. The minimum Gasteiger partial charge on any atom is -0.454 e. The van der Waals surface area contributed by atoms with E-state index in [0.29, 0.717) is 6.54 Å². The van der Waals surface area contributed by atoms with Crippen LogP contribution < -0.4 is 5.73 Å². The number of hydrogen-bond acceptors (Lipinski definition) is 4. The largest absolute Gasteiger partial charge is 0.454 e. The Balaban J connectivity index is 2.05. The molecular weight excluding hydrogens is 208 g/mol. The Bertz CT molecular complexity index is 414. The fourth-order valence-corrected chi connectivity index (χ4v) is 1.95. The van der Waals surface area contributed by atoms with Crippen molar-refractivity contribution in [3.05, 3.63) is 42.3 Å². The van der Waals surface area contributed by atoms with Crippen molar-refractivity contribution in [2.45, 2.75) is 16.5 Å². The van der Waals surface area contributed by atoms with Crippen molar-refractivity contribution in [2.24, 2.45) is 5.73 Å². The van der Waals surface area contributed by atoms with Gasteiger partial charge in [0.25, 0.3) is 0 Å². The number of pyridine rings is 1. The highest BCUT2D eigenvalue weighted by Gasteiger charge is 2.03. The van der Waals surface area contributed by atoms with Gasteiger partial charge < -0.3 is 10.2 Å². The molecule has 3 nitrogen and oxygen atoms in total. The summed E-state index contributed by atoms with van der Waals surface area (Å²) in [6.45, 7) is 0.612. The highest BCUT2D eigenvalue weighted by molar-refractivity contribution is 7.99. The number of nitrogens with zero attached hydrogens (tertiary/aromatic N) is 1. The summed E-state index contributed by atoms with van der Waals surface area (Å²) in [5, 5.41) is 1.79. The minimum absolute atomic E-state index is 0.612. The Morgan fingerprint density at radius 1 is 1.27 bits per heavy atom. The van der Waals surface area contributed by atoms with Crippen molar-refractivity contribution in [1.29, 1.82) is 0 Å². The first-order chi connectivity index (χ1) is 7.38. The zero-order valence-electron chi connectivity index (χ0n) is 8.22. The van der Waals surface area contributed by atoms with Crippen molar-refractivity contribution in [2.75, 3.05) is 6.54 Å². The Morgan fingerprint density at radius 2 is 2.20 bits per heavy atom. The number of furan rings is 1. The standard InChI is InChI=1S/C11H12N2OS/c12-7-6-9-4-5-11(14-9)15-10-3-1-2-8-13-10/h1-5,8H,6-7,12H2. The van der Waals surface area contributed by atoms with E-state index in [2.05, 4.69) is 4.98 Å². The summed E-state index contributed by atoms with van der Waals surface area (Å²) >= 11 is 1.52. The molecule has 0 aliphatic rings. The molecule has 0 unspecified atom stereocenters. The van der Waals surface area contributed by atoms with Crippen molar-refractivity contribution in [3.8, 4) is 0 Å². The van der Waals surface area contributed by atoms with Gasteiger partial charge in [-0.3, -0.25) is 0 Å². The molecule has 78 valence electrons. The van der Waals surface area contributed by atoms with E-state index in [4.69, 9.17) is 10.2 Å². The fourth-order valence-electron chi connectivity index (χ4n) is 1.20. The quantitative estimate of drug-likeness (QED) is 0.859. The SMILES string of the molecule is NCCc1ccc(Sc2ccccn2)o1. The second-order valence-electron chi connectivity index (χ2n) is 3.03. The Kier molecular flexibility index (Phi) is 3.42. The molecule has 0 amide bonds. The van der Waals surface area contributed by atoms with E-state index < -0.39 is 0 Å². The number of hydrogen-bond donors (Lipinski definition) is 1. The maximum Gasteiger partial charge on any atom is 0.166 e. The van der Waals surface area contributed by atoms with E-state index in [0.717, 1.165) is 22.3 Å². The summed E-state index contributed by atoms with van der Waals surface area (Å²) in [6.07, 6.45) is 2.55. The first-order valence-electron chi connectivity index (χ1n) is 4.76. The molecule has 2 heterocycles. The molecule has 15 heavy (non-hydrogen) atoms. The van der Waals surface area contributed by atoms with Crippen LogP contribution in [0.4, 0.5) is 0 Å². The maximum atomic E-state index is 5.57. The number of rotatable bonds is 4. The number of aromatic nitrogens is 1. The molecule has 0 radical (unpaired) electrons. The summed E-state index contributed by atoms with van der Waals surface area (Å²) in [5.74, 6) is 0.927. The smallest absolute Gasteiger partial charge is 0.166 e. The second kappa shape index (κ2) is 5.00. The van der Waals surface area contributed by atoms with Crippen LogP contribution in [0, 0.1) is 0 Å². The van der Waals surface area contributed by atoms with E-state index in [-0.39, 0.29) is 0 Å². The van der Waals surface area contributed by atoms with Gasteiger partial charge in [0.2, 0.25) is 0 Å². The summed E-state index contributed by atoms with van der Waals surface area (Å²) in [4.78, 5) is 4.21. The first-order valence-corrected chi connectivity index (χ1v) is 5.58. The van der Waals surface area contributed by atoms with Gasteiger partial charge in [-0.2, -0.15) is 0 Å². The van der Waals surface area contributed by atoms with Gasteiger partial charge in [0.05, 0.1) is 0 Å². The lowest BCUT2D eigenvalue weighted by molar-refractivity contribution is 0.432. The van der Waals surface area contributed by atoms with Crippen molar-refractivity contribution in [3.63, 3.8) is 0 Å². The van der Waals surface area contributed by atoms with Crippen LogP contribution in [0.5, 0.6) is 0 Å². The molecule has 0 aliphatic heterocycles. The molecule has 0 atom stereocenters. The highest BCUT2D eigenvalue weighted by atomic mass is 32.2. The zero-order valence-corrected chi connectivity index (χ0v) is 9.04. The van der Waals surface area contributed by atoms with E-state index in [1.54, 1.807) is 6.20 Å². The van der Waals surface area contributed by atoms with E-state index in [9.17, 15) is 0 Å². The first kappa shape index (κ1) is 10.3. The van der Waals surface area contributed by atoms with Gasteiger partial charge in [-0.05, 0) is 42.6 Å². The van der Waals surface area contributed by atoms with Crippen molar-refractivity contribution >= 4 is 11.8 Å². The van der Waals surface area contributed by atoms with Crippen LogP contribution in [0.25, 0.3) is 0 Å². The predicted molar refractivity (Wildman–Crippen MR) is 59.8 cm³/mol. The Morgan fingerprint density at radius 3 is 2.93 bits per heavy atom. The van der Waals surface area contributed by atoms with Crippen LogP contribution in [0.15, 0.2) is 51.1 Å². The third kappa shape index (κ3) is 2.84. The van der Waals surface area contributed by atoms with Gasteiger partial charge in [-0.1, -0.05) is 6.07 Å². The van der Waals surface area contributed by atoms with Gasteiger partial charge in [0, 0.05) is 12.6 Å². The van der Waals surface area contributed by atoms with E-state index >= 15 is 0 Å². The summed E-state index contributed by atoms with van der Waals surface area (Å²) in [6, 6.07) is 9.71. The van der Waals surface area contributed by atoms with Crippen LogP contribution in [-0.2, 0) is 6.42 Å². The molecule has 4 heteroatoms. The minimum atomic E-state index is 0.612. The predicted octanol–water partition coefficient (Wildman–Crippen LogP) is 2.33. The number of nitrogens with two attached hydrogens (primary N) is 1. The van der Waals surface area contributed by atoms with Gasteiger partial charge in [-0.15, -0.1) is 0 Å². The van der Waals surface area contributed by atoms with Crippen molar-refractivity contribution in [1.82, 2.24) is 4.98 Å². The molecule has 0 spiro atoms. The summed E-state index contributed by atoms with van der Waals surface area (Å²) < 4.78 is 5.57. The summed E-state index contributed by atoms with van der Waals surface area (Å²) in [5.41, 5.74) is 5.44. The van der Waals surface area contributed by atoms with Gasteiger partial charge in [-0.25, -0.2) is 4.98 Å². The normalized spacial score (nSPS) is 10.5. The molecule has 0 fully saturated rings. The highest BCUT2D eigenvalue weighted by Crippen LogP contribution is 2.27. The molecule has 0 aliphatic carbocycles. The Labute approximate surface area is 92.7 Å². The lowest BCUT2D eigenvalue weighted by Crippen LogP contribution is -2.01. The lowest BCUT2D eigenvalue weighted by Gasteiger charge is -1.95. The molecule has 2 aromatic heterocycles. The molecular formula is C11H12N2OS. The van der Waals surface area contributed by atoms with Gasteiger partial charge >= 0.3 is 0 Å². The molecule has 0 bridgehead atoms. The van der Waals surface area contributed by atoms with Gasteiger partial charge in [0.15, 0.2) is 5.09 Å². The third-order valence-electron chi connectivity index (χ3n) is 1.87. The second-order valence-corrected chi connectivity index (χ2v) is 4.05. The molecule has 0 saturated carbocycles. The topological polar surface area (TPSA) is 52.0 Å². The lowest BCUT2D eigenvalue weighted by atomic mass is 10.3. The van der Waals surface area contributed by atoms with E-state index in [1.807, 2.05) is 30.3 Å². The third-order valence-corrected chi connectivity index (χ3v) is 2.74. The molecule has 2 aromatic rings. The summed E-state index contributed by atoms with van der Waals surface area (Å²) in [7, 11) is 0. The van der Waals surface area contributed by atoms with Gasteiger partial charge in [0.1, 0.15) is 10.8 Å². The average molecular weight is 220 g/mol. The van der Waals surface area contributed by atoms with Crippen LogP contribution in [0.1, 0.15) is 5.76 Å². The van der Waals surface area contributed by atoms with Crippen LogP contribution in [0.3, 0.4) is 0 Å². The monoisotopic (exact) mass is 220 g/mol. The zero-order chi connectivity index (χ0) is 10.5. The molecule has 2 rings (SSSR count). The molecule has 0 saturated heterocycles. The van der Waals surface area contributed by atoms with Crippen molar-refractivity contribution < 1.29 is 4.42 Å². The van der Waals surface area contributed by atoms with Crippen LogP contribution in [0.2, 0.25) is 0 Å². The van der Waals surface area contributed by atoms with Crippen LogP contribution in [-0.4, -0.2) is 11.5 Å². The molecule has 2 N–H and O–H groups in total. The average Bonchev–Trinajstić information content (AvgIpc) is 2.68. The fraction of sp³-hybridized carbons (Fsp3) is 0.182. The van der Waals surface area contributed by atoms with E-state index in [1.165, 1.54) is 11.8 Å². The van der Waals surface area contributed by atoms with Crippen LogP contribution >= 0.6 is 11.8 Å².